The van der Waals surface area contributed by atoms with Gasteiger partial charge in [-0.25, -0.2) is 4.79 Å². The molecule has 0 saturated heterocycles. The minimum atomic E-state index is -1.41. The fourth-order valence-electron chi connectivity index (χ4n) is 1.12. The van der Waals surface area contributed by atoms with Crippen LogP contribution < -0.4 is 5.32 Å². The van der Waals surface area contributed by atoms with Crippen molar-refractivity contribution in [2.24, 2.45) is 0 Å². The lowest BCUT2D eigenvalue weighted by atomic mass is 10.1. The van der Waals surface area contributed by atoms with E-state index in [2.05, 4.69) is 5.32 Å². The van der Waals surface area contributed by atoms with Gasteiger partial charge in [-0.3, -0.25) is 9.59 Å². The molecule has 2 N–H and O–H groups in total. The van der Waals surface area contributed by atoms with Gasteiger partial charge < -0.3 is 10.4 Å². The summed E-state index contributed by atoms with van der Waals surface area (Å²) in [6, 6.07) is -0.281. The van der Waals surface area contributed by atoms with E-state index in [9.17, 15) is 14.4 Å². The van der Waals surface area contributed by atoms with Crippen molar-refractivity contribution >= 4 is 17.5 Å². The lowest BCUT2D eigenvalue weighted by Crippen LogP contribution is -2.32. The molecular weight excluding hydrogens is 186 g/mol. The molecule has 0 unspecified atom stereocenters. The lowest BCUT2D eigenvalue weighted by molar-refractivity contribution is -0.149. The first kappa shape index (κ1) is 12.8. The topological polar surface area (TPSA) is 83.5 Å². The first-order valence-corrected chi connectivity index (χ1v) is 4.43. The molecule has 0 fully saturated rings. The van der Waals surface area contributed by atoms with E-state index in [-0.39, 0.29) is 18.2 Å². The van der Waals surface area contributed by atoms with Crippen LogP contribution in [0.15, 0.2) is 0 Å². The Bertz CT molecular complexity index is 237. The van der Waals surface area contributed by atoms with Crippen LogP contribution in [0.1, 0.15) is 26.2 Å². The normalized spacial score (nSPS) is 12.1. The van der Waals surface area contributed by atoms with E-state index in [0.29, 0.717) is 12.8 Å². The standard InChI is InChI=1S/C9H15NO4/c1-6(11)7(10-2)4-3-5-8(12)9(13)14/h7,10H,3-5H2,1-2H3,(H,13,14)/t7-/m0/s1. The van der Waals surface area contributed by atoms with Gasteiger partial charge >= 0.3 is 5.97 Å². The van der Waals surface area contributed by atoms with Gasteiger partial charge in [0.25, 0.3) is 0 Å². The number of carbonyl (C=O) groups excluding carboxylic acids is 2. The van der Waals surface area contributed by atoms with Gasteiger partial charge in [-0.15, -0.1) is 0 Å². The Morgan fingerprint density at radius 3 is 2.29 bits per heavy atom. The summed E-state index contributed by atoms with van der Waals surface area (Å²) in [7, 11) is 1.66. The minimum Gasteiger partial charge on any atom is -0.476 e. The Kier molecular flexibility index (Phi) is 5.71. The smallest absolute Gasteiger partial charge is 0.372 e. The SMILES string of the molecule is CN[C@@H](CCCC(=O)C(=O)O)C(C)=O. The van der Waals surface area contributed by atoms with E-state index in [1.807, 2.05) is 0 Å². The van der Waals surface area contributed by atoms with Crippen molar-refractivity contribution in [1.82, 2.24) is 5.32 Å². The van der Waals surface area contributed by atoms with Crippen LogP contribution in [0.25, 0.3) is 0 Å². The van der Waals surface area contributed by atoms with Crippen molar-refractivity contribution in [1.29, 1.82) is 0 Å². The highest BCUT2D eigenvalue weighted by atomic mass is 16.4. The molecule has 14 heavy (non-hydrogen) atoms. The van der Waals surface area contributed by atoms with Crippen molar-refractivity contribution in [2.75, 3.05) is 7.05 Å². The minimum absolute atomic E-state index is 0.00438. The van der Waals surface area contributed by atoms with E-state index < -0.39 is 11.8 Å². The van der Waals surface area contributed by atoms with Crippen molar-refractivity contribution in [3.63, 3.8) is 0 Å². The summed E-state index contributed by atoms with van der Waals surface area (Å²) < 4.78 is 0. The Morgan fingerprint density at radius 1 is 1.36 bits per heavy atom. The Morgan fingerprint density at radius 2 is 1.93 bits per heavy atom. The van der Waals surface area contributed by atoms with Crippen molar-refractivity contribution in [2.45, 2.75) is 32.2 Å². The number of carbonyl (C=O) groups is 3. The molecule has 0 saturated carbocycles. The average molecular weight is 201 g/mol. The molecule has 0 aromatic rings. The van der Waals surface area contributed by atoms with E-state index in [1.165, 1.54) is 6.92 Å². The summed E-state index contributed by atoms with van der Waals surface area (Å²) in [5.41, 5.74) is 0. The van der Waals surface area contributed by atoms with Crippen LogP contribution in [0.5, 0.6) is 0 Å². The molecule has 5 nitrogen and oxygen atoms in total. The molecule has 0 heterocycles. The molecule has 5 heteroatoms. The Hall–Kier alpha value is -1.23. The number of nitrogens with one attached hydrogen (secondary N) is 1. The highest BCUT2D eigenvalue weighted by molar-refractivity contribution is 6.32. The number of Topliss-reactive ketones (excluding diaryl/α,β-unsaturated/α-hetero) is 2. The predicted molar refractivity (Wildman–Crippen MR) is 50.0 cm³/mol. The van der Waals surface area contributed by atoms with Gasteiger partial charge in [0.15, 0.2) is 0 Å². The van der Waals surface area contributed by atoms with Gasteiger partial charge in [0.1, 0.15) is 5.78 Å². The molecule has 80 valence electrons. The summed E-state index contributed by atoms with van der Waals surface area (Å²) in [6.07, 6.45) is 0.891. The second-order valence-electron chi connectivity index (χ2n) is 3.07. The number of rotatable bonds is 7. The molecule has 0 radical (unpaired) electrons. The largest absolute Gasteiger partial charge is 0.476 e. The second kappa shape index (κ2) is 6.26. The van der Waals surface area contributed by atoms with Gasteiger partial charge in [-0.2, -0.15) is 0 Å². The Labute approximate surface area is 82.5 Å². The molecule has 0 amide bonds. The van der Waals surface area contributed by atoms with E-state index in [0.717, 1.165) is 0 Å². The zero-order valence-corrected chi connectivity index (χ0v) is 8.37. The maximum atomic E-state index is 10.9. The first-order valence-electron chi connectivity index (χ1n) is 4.43. The molecule has 0 aromatic heterocycles. The number of hydrogen-bond acceptors (Lipinski definition) is 4. The van der Waals surface area contributed by atoms with Crippen LogP contribution >= 0.6 is 0 Å². The van der Waals surface area contributed by atoms with Crippen LogP contribution in [-0.2, 0) is 14.4 Å². The maximum absolute atomic E-state index is 10.9. The lowest BCUT2D eigenvalue weighted by Gasteiger charge is -2.10. The number of likely N-dealkylation sites (N-methyl/N-ethyl adjacent to an activating group) is 1. The summed E-state index contributed by atoms with van der Waals surface area (Å²) in [5.74, 6) is -2.22. The van der Waals surface area contributed by atoms with Crippen LogP contribution in [0.2, 0.25) is 0 Å². The van der Waals surface area contributed by atoms with E-state index in [4.69, 9.17) is 5.11 Å². The highest BCUT2D eigenvalue weighted by Crippen LogP contribution is 2.02. The van der Waals surface area contributed by atoms with Gasteiger partial charge in [0.2, 0.25) is 5.78 Å². The quantitative estimate of drug-likeness (QED) is 0.566. The van der Waals surface area contributed by atoms with E-state index >= 15 is 0 Å². The van der Waals surface area contributed by atoms with Gasteiger partial charge in [0.05, 0.1) is 6.04 Å². The molecule has 0 bridgehead atoms. The van der Waals surface area contributed by atoms with E-state index in [1.54, 1.807) is 7.05 Å². The van der Waals surface area contributed by atoms with Crippen molar-refractivity contribution in [3.05, 3.63) is 0 Å². The zero-order valence-electron chi connectivity index (χ0n) is 8.37. The second-order valence-corrected chi connectivity index (χ2v) is 3.07. The van der Waals surface area contributed by atoms with Gasteiger partial charge in [-0.05, 0) is 26.8 Å². The molecule has 0 aliphatic carbocycles. The summed E-state index contributed by atoms with van der Waals surface area (Å²) in [6.45, 7) is 1.46. The third kappa shape index (κ3) is 4.71. The summed E-state index contributed by atoms with van der Waals surface area (Å²) in [4.78, 5) is 31.7. The number of carboxylic acids is 1. The number of ketones is 2. The third-order valence-corrected chi connectivity index (χ3v) is 1.97. The number of hydrogen-bond donors (Lipinski definition) is 2. The van der Waals surface area contributed by atoms with Crippen LogP contribution in [0, 0.1) is 0 Å². The van der Waals surface area contributed by atoms with Crippen molar-refractivity contribution < 1.29 is 19.5 Å². The first-order chi connectivity index (χ1) is 6.49. The van der Waals surface area contributed by atoms with Crippen LogP contribution in [0.4, 0.5) is 0 Å². The van der Waals surface area contributed by atoms with Gasteiger partial charge in [0, 0.05) is 6.42 Å². The fourth-order valence-corrected chi connectivity index (χ4v) is 1.12. The molecular formula is C9H15NO4. The summed E-state index contributed by atoms with van der Waals surface area (Å²) in [5, 5.41) is 11.1. The predicted octanol–water partition coefficient (Wildman–Crippen LogP) is -0.0126. The molecule has 0 spiro atoms. The van der Waals surface area contributed by atoms with Gasteiger partial charge in [-0.1, -0.05) is 0 Å². The zero-order chi connectivity index (χ0) is 11.1. The molecule has 0 aliphatic rings. The summed E-state index contributed by atoms with van der Waals surface area (Å²) >= 11 is 0. The van der Waals surface area contributed by atoms with Crippen LogP contribution in [-0.4, -0.2) is 35.7 Å². The van der Waals surface area contributed by atoms with Crippen LogP contribution in [0.3, 0.4) is 0 Å². The molecule has 0 rings (SSSR count). The number of carboxylic acid groups (broad SMARTS) is 1. The number of aliphatic carboxylic acids is 1. The highest BCUT2D eigenvalue weighted by Gasteiger charge is 2.14. The average Bonchev–Trinajstić information content (AvgIpc) is 2.11. The third-order valence-electron chi connectivity index (χ3n) is 1.97. The molecule has 1 atom stereocenters. The Balaban J connectivity index is 3.77. The molecule has 0 aliphatic heterocycles. The fraction of sp³-hybridized carbons (Fsp3) is 0.667. The monoisotopic (exact) mass is 201 g/mol. The maximum Gasteiger partial charge on any atom is 0.372 e. The van der Waals surface area contributed by atoms with Crippen molar-refractivity contribution in [3.8, 4) is 0 Å². The molecule has 0 aromatic carbocycles.